The Morgan fingerprint density at radius 2 is 1.14 bits per heavy atom. The summed E-state index contributed by atoms with van der Waals surface area (Å²) in [4.78, 5) is 0. The van der Waals surface area contributed by atoms with Crippen LogP contribution in [-0.2, 0) is 6.42 Å². The molecule has 1 N–H and O–H groups in total. The maximum absolute atomic E-state index is 3.69. The predicted molar refractivity (Wildman–Crippen MR) is 87.6 cm³/mol. The highest BCUT2D eigenvalue weighted by atomic mass is 14.9. The molecule has 102 valence electrons. The molecule has 21 heavy (non-hydrogen) atoms. The summed E-state index contributed by atoms with van der Waals surface area (Å²) in [5.74, 6) is 0. The molecular formula is C20H17N. The topological polar surface area (TPSA) is 12.0 Å². The van der Waals surface area contributed by atoms with Crippen LogP contribution in [0.1, 0.15) is 28.3 Å². The van der Waals surface area contributed by atoms with Crippen molar-refractivity contribution >= 4 is 5.69 Å². The fourth-order valence-corrected chi connectivity index (χ4v) is 3.18. The molecule has 0 radical (unpaired) electrons. The molecule has 3 aromatic carbocycles. The summed E-state index contributed by atoms with van der Waals surface area (Å²) in [6, 6.07) is 28.2. The van der Waals surface area contributed by atoms with Crippen LogP contribution < -0.4 is 5.32 Å². The normalized spacial score (nSPS) is 13.3. The lowest BCUT2D eigenvalue weighted by Gasteiger charge is -2.30. The summed E-state index contributed by atoms with van der Waals surface area (Å²) >= 11 is 0. The molecule has 1 heteroatoms. The summed E-state index contributed by atoms with van der Waals surface area (Å²) in [5.41, 5.74) is 6.78. The fraction of sp³-hybridized carbons (Fsp3) is 0.100. The molecule has 0 aromatic heterocycles. The number of fused-ring (bicyclic) bond motifs is 2. The zero-order valence-electron chi connectivity index (χ0n) is 11.8. The van der Waals surface area contributed by atoms with E-state index in [9.17, 15) is 0 Å². The molecule has 0 heterocycles. The van der Waals surface area contributed by atoms with Crippen molar-refractivity contribution in [1.29, 1.82) is 0 Å². The van der Waals surface area contributed by atoms with Crippen LogP contribution in [0.25, 0.3) is 0 Å². The SMILES string of the molecule is c1ccc(NC2c3ccccc3Cc3ccccc32)cc1. The Balaban J connectivity index is 1.82. The Morgan fingerprint density at radius 1 is 0.619 bits per heavy atom. The Labute approximate surface area is 125 Å². The van der Waals surface area contributed by atoms with E-state index >= 15 is 0 Å². The molecule has 0 spiro atoms. The van der Waals surface area contributed by atoms with E-state index in [1.54, 1.807) is 0 Å². The first-order valence-corrected chi connectivity index (χ1v) is 7.39. The second-order valence-electron chi connectivity index (χ2n) is 5.52. The lowest BCUT2D eigenvalue weighted by molar-refractivity contribution is 0.859. The fourth-order valence-electron chi connectivity index (χ4n) is 3.18. The molecule has 4 rings (SSSR count). The molecule has 0 bridgehead atoms. The van der Waals surface area contributed by atoms with Crippen molar-refractivity contribution in [3.63, 3.8) is 0 Å². The quantitative estimate of drug-likeness (QED) is 0.706. The lowest BCUT2D eigenvalue weighted by Crippen LogP contribution is -2.20. The number of rotatable bonds is 2. The summed E-state index contributed by atoms with van der Waals surface area (Å²) in [6.45, 7) is 0. The first-order valence-electron chi connectivity index (χ1n) is 7.39. The molecule has 0 amide bonds. The molecule has 3 aromatic rings. The molecule has 1 nitrogen and oxygen atoms in total. The van der Waals surface area contributed by atoms with Crippen LogP contribution in [-0.4, -0.2) is 0 Å². The van der Waals surface area contributed by atoms with E-state index in [1.807, 2.05) is 6.07 Å². The van der Waals surface area contributed by atoms with Gasteiger partial charge in [0.15, 0.2) is 0 Å². The number of hydrogen-bond acceptors (Lipinski definition) is 1. The summed E-state index contributed by atoms with van der Waals surface area (Å²) < 4.78 is 0. The van der Waals surface area contributed by atoms with Crippen LogP contribution in [0, 0.1) is 0 Å². The highest BCUT2D eigenvalue weighted by molar-refractivity contribution is 5.55. The van der Waals surface area contributed by atoms with Crippen molar-refractivity contribution < 1.29 is 0 Å². The second-order valence-corrected chi connectivity index (χ2v) is 5.52. The smallest absolute Gasteiger partial charge is 0.0773 e. The minimum absolute atomic E-state index is 0.230. The molecule has 1 aliphatic rings. The number of para-hydroxylation sites is 1. The van der Waals surface area contributed by atoms with Gasteiger partial charge in [0.1, 0.15) is 0 Å². The van der Waals surface area contributed by atoms with E-state index < -0.39 is 0 Å². The first kappa shape index (κ1) is 12.2. The number of anilines is 1. The van der Waals surface area contributed by atoms with Crippen molar-refractivity contribution in [2.45, 2.75) is 12.5 Å². The predicted octanol–water partition coefficient (Wildman–Crippen LogP) is 4.79. The molecule has 0 saturated heterocycles. The molecular weight excluding hydrogens is 254 g/mol. The van der Waals surface area contributed by atoms with Gasteiger partial charge in [0, 0.05) is 5.69 Å². The van der Waals surface area contributed by atoms with Crippen LogP contribution in [0.15, 0.2) is 78.9 Å². The van der Waals surface area contributed by atoms with Crippen LogP contribution in [0.4, 0.5) is 5.69 Å². The number of benzene rings is 3. The van der Waals surface area contributed by atoms with Crippen molar-refractivity contribution in [2.24, 2.45) is 0 Å². The minimum Gasteiger partial charge on any atom is -0.374 e. The van der Waals surface area contributed by atoms with Crippen LogP contribution in [0.3, 0.4) is 0 Å². The van der Waals surface area contributed by atoms with E-state index in [0.717, 1.165) is 12.1 Å². The lowest BCUT2D eigenvalue weighted by atomic mass is 9.82. The Hall–Kier alpha value is -2.54. The van der Waals surface area contributed by atoms with Crippen LogP contribution in [0.2, 0.25) is 0 Å². The van der Waals surface area contributed by atoms with Crippen molar-refractivity contribution in [3.05, 3.63) is 101 Å². The van der Waals surface area contributed by atoms with Gasteiger partial charge in [-0.1, -0.05) is 66.7 Å². The molecule has 0 unspecified atom stereocenters. The van der Waals surface area contributed by atoms with Gasteiger partial charge in [-0.3, -0.25) is 0 Å². The first-order chi connectivity index (χ1) is 10.4. The second kappa shape index (κ2) is 5.10. The van der Waals surface area contributed by atoms with Crippen LogP contribution in [0.5, 0.6) is 0 Å². The van der Waals surface area contributed by atoms with Gasteiger partial charge < -0.3 is 5.32 Å². The third kappa shape index (κ3) is 2.21. The minimum atomic E-state index is 0.230. The molecule has 0 atom stereocenters. The van der Waals surface area contributed by atoms with Gasteiger partial charge in [-0.2, -0.15) is 0 Å². The summed E-state index contributed by atoms with van der Waals surface area (Å²) in [7, 11) is 0. The van der Waals surface area contributed by atoms with Gasteiger partial charge in [0.25, 0.3) is 0 Å². The van der Waals surface area contributed by atoms with Gasteiger partial charge >= 0.3 is 0 Å². The Bertz CT molecular complexity index is 716. The van der Waals surface area contributed by atoms with Gasteiger partial charge in [-0.15, -0.1) is 0 Å². The molecule has 1 aliphatic carbocycles. The third-order valence-corrected chi connectivity index (χ3v) is 4.20. The van der Waals surface area contributed by atoms with E-state index in [-0.39, 0.29) is 6.04 Å². The van der Waals surface area contributed by atoms with Crippen molar-refractivity contribution in [3.8, 4) is 0 Å². The third-order valence-electron chi connectivity index (χ3n) is 4.20. The molecule has 0 aliphatic heterocycles. The van der Waals surface area contributed by atoms with E-state index in [1.165, 1.54) is 22.3 Å². The zero-order valence-corrected chi connectivity index (χ0v) is 11.8. The average molecular weight is 271 g/mol. The van der Waals surface area contributed by atoms with Gasteiger partial charge in [-0.05, 0) is 40.8 Å². The summed E-state index contributed by atoms with van der Waals surface area (Å²) in [5, 5.41) is 3.69. The molecule has 0 fully saturated rings. The summed E-state index contributed by atoms with van der Waals surface area (Å²) in [6.07, 6.45) is 1.03. The average Bonchev–Trinajstić information content (AvgIpc) is 2.55. The Kier molecular flexibility index (Phi) is 2.97. The monoisotopic (exact) mass is 271 g/mol. The van der Waals surface area contributed by atoms with Gasteiger partial charge in [0.05, 0.1) is 6.04 Å². The van der Waals surface area contributed by atoms with E-state index in [4.69, 9.17) is 0 Å². The standard InChI is InChI=1S/C20H17N/c1-2-10-17(11-3-1)21-20-18-12-6-4-8-15(18)14-16-9-5-7-13-19(16)20/h1-13,20-21H,14H2. The van der Waals surface area contributed by atoms with Gasteiger partial charge in [-0.25, -0.2) is 0 Å². The van der Waals surface area contributed by atoms with Crippen LogP contribution >= 0.6 is 0 Å². The highest BCUT2D eigenvalue weighted by Gasteiger charge is 2.24. The van der Waals surface area contributed by atoms with E-state index in [0.29, 0.717) is 0 Å². The van der Waals surface area contributed by atoms with Crippen molar-refractivity contribution in [1.82, 2.24) is 0 Å². The number of hydrogen-bond donors (Lipinski definition) is 1. The zero-order chi connectivity index (χ0) is 14.1. The Morgan fingerprint density at radius 3 is 1.76 bits per heavy atom. The maximum atomic E-state index is 3.69. The van der Waals surface area contributed by atoms with Gasteiger partial charge in [0.2, 0.25) is 0 Å². The van der Waals surface area contributed by atoms with E-state index in [2.05, 4.69) is 78.1 Å². The van der Waals surface area contributed by atoms with Crippen molar-refractivity contribution in [2.75, 3.05) is 5.32 Å². The number of nitrogens with one attached hydrogen (secondary N) is 1. The largest absolute Gasteiger partial charge is 0.374 e. The maximum Gasteiger partial charge on any atom is 0.0773 e. The highest BCUT2D eigenvalue weighted by Crippen LogP contribution is 2.36. The molecule has 0 saturated carbocycles.